The zero-order valence-electron chi connectivity index (χ0n) is 76.7. The molecule has 138 heavy (non-hydrogen) atoms. The molecule has 15 aromatic rings. The van der Waals surface area contributed by atoms with E-state index in [4.69, 9.17) is 64.4 Å². The smallest absolute Gasteiger partial charge is 0.410 e. The number of hydrogen-bond donors (Lipinski definition) is 5. The minimum absolute atomic E-state index is 0.00829. The van der Waals surface area contributed by atoms with Crippen LogP contribution in [0.5, 0.6) is 0 Å². The Bertz CT molecular complexity index is 6330. The van der Waals surface area contributed by atoms with Crippen molar-refractivity contribution in [3.63, 3.8) is 0 Å². The van der Waals surface area contributed by atoms with Crippen molar-refractivity contribution in [3.8, 4) is 0 Å². The number of fused-ring (bicyclic) bond motifs is 4. The molecule has 0 bridgehead atoms. The maximum absolute atomic E-state index is 11.5. The van der Waals surface area contributed by atoms with Crippen LogP contribution >= 0.6 is 56.2 Å². The number of cyclic esters (lactones) is 2. The van der Waals surface area contributed by atoms with Crippen LogP contribution in [0.2, 0.25) is 0 Å². The number of Topliss-reactive ketones (excluding diaryl/α,β-unsaturated/α-hetero) is 1. The molecule has 3 heterocycles. The number of aryl methyl sites for hydroxylation is 2. The average molecular weight is 1990 g/mol. The van der Waals surface area contributed by atoms with Crippen LogP contribution in [0, 0.1) is 34.1 Å². The largest absolute Gasteiger partial charge is 0.481 e. The highest BCUT2D eigenvalue weighted by atomic mass is 36.0. The van der Waals surface area contributed by atoms with Crippen LogP contribution in [0.15, 0.2) is 303 Å². The van der Waals surface area contributed by atoms with Gasteiger partial charge in [0.1, 0.15) is 11.4 Å². The number of likely N-dealkylation sites (tertiary alicyclic amines) is 1. The van der Waals surface area contributed by atoms with Crippen molar-refractivity contribution in [3.05, 3.63) is 396 Å². The lowest BCUT2D eigenvalue weighted by molar-refractivity contribution is -0.385. The van der Waals surface area contributed by atoms with Gasteiger partial charge in [-0.15, -0.1) is 34.8 Å². The average Bonchev–Trinajstić information content (AvgIpc) is 0.761. The number of esters is 4. The number of carboxylic acids is 1. The van der Waals surface area contributed by atoms with Crippen LogP contribution in [0.4, 0.5) is 21.9 Å². The van der Waals surface area contributed by atoms with Gasteiger partial charge >= 0.3 is 35.9 Å². The summed E-state index contributed by atoms with van der Waals surface area (Å²) in [6.07, 6.45) is 0.442. The van der Waals surface area contributed by atoms with Gasteiger partial charge in [-0.25, -0.2) is 18.6 Å². The summed E-state index contributed by atoms with van der Waals surface area (Å²) in [6.45, 7) is 12.3. The maximum atomic E-state index is 11.5. The molecule has 0 unspecified atom stereocenters. The second-order valence-corrected chi connectivity index (χ2v) is 34.8. The van der Waals surface area contributed by atoms with Crippen LogP contribution in [0.3, 0.4) is 0 Å². The number of halogens is 5. The summed E-state index contributed by atoms with van der Waals surface area (Å²) in [4.78, 5) is 98.9. The van der Waals surface area contributed by atoms with Gasteiger partial charge in [-0.3, -0.25) is 39.4 Å². The van der Waals surface area contributed by atoms with Crippen LogP contribution in [-0.2, 0) is 110 Å². The molecule has 1 amide bonds. The topological polar surface area (TPSA) is 379 Å². The molecule has 15 aromatic carbocycles. The molecule has 6 N–H and O–H groups in total. The van der Waals surface area contributed by atoms with Gasteiger partial charge in [-0.1, -0.05) is 273 Å². The van der Waals surface area contributed by atoms with E-state index in [9.17, 15) is 64.0 Å². The third kappa shape index (κ3) is 35.2. The minimum atomic E-state index is -1.67. The van der Waals surface area contributed by atoms with Crippen molar-refractivity contribution in [1.82, 2.24) is 4.90 Å². The quantitative estimate of drug-likeness (QED) is 0.0111. The van der Waals surface area contributed by atoms with Crippen molar-refractivity contribution in [2.24, 2.45) is 0 Å². The lowest BCUT2D eigenvalue weighted by atomic mass is 9.97. The van der Waals surface area contributed by atoms with E-state index >= 15 is 0 Å². The van der Waals surface area contributed by atoms with Crippen LogP contribution < -0.4 is 5.73 Å². The molecule has 0 saturated carbocycles. The van der Waals surface area contributed by atoms with Gasteiger partial charge in [-0.2, -0.15) is 0 Å². The first-order valence-corrected chi connectivity index (χ1v) is 47.3. The molecule has 720 valence electrons. The number of carbonyl (C=O) groups excluding carboxylic acids is 6. The number of hydrogen-bond acceptors (Lipinski definition) is 21. The standard InChI is InChI=1S/C12H11Cl.C12H6O3.C12H12O2.C12H10O.C12H12O.C10H17NO3.C10H8.C9H9NO4.C9H11NO2.C8H7NO4.CH2Cl2.Cl2OS/c1-9-4-2-5-10-6-3-7-11(8-13)12(9)10;13-11-8-5-1-3-7-4-2-6-9(10(7)8)12(14)15-11;13-7-10-5-1-3-9-4-2-6-11(8-14)12(9)10;1-3-9-4-2-6-11-8-13-7-10(5-1)12(9)11;1-9-4-2-5-10-6-3-7-11(8-13)12(9)10;1-10(2,3)14-9(13)11-6-4-8(12)5-7-11;1-2-6-10-8-4-3-7-9(10)5-1;1-14-9(11)6-7-4-2-3-5-8(7)10(12)13;1-12-9(11)6-7-4-2-3-5-8(7)10;10-8(11)5-6-3-1-2-4-7(6)9(12)13;2-1-3;1-4(2)3/h2-7H,8H2,1H3;1-6H;1-6,13-14H,7-8H2;1-6H,7-8H2;2-7,13H,8H2,1H3;4-7H2,1-3H3;1-8H;2-5H,6H2,1H3;2-5H,6,10H2,1H3;1-4H,5H2,(H,10,11);1H2;. The highest BCUT2D eigenvalue weighted by molar-refractivity contribution is 8.26. The Morgan fingerprint density at radius 3 is 1.13 bits per heavy atom. The third-order valence-electron chi connectivity index (χ3n) is 20.8. The Hall–Kier alpha value is -13.6. The van der Waals surface area contributed by atoms with Gasteiger partial charge in [-0.05, 0) is 162 Å². The highest BCUT2D eigenvalue weighted by Crippen LogP contribution is 2.32. The first-order valence-electron chi connectivity index (χ1n) is 42.8. The number of carboxylic acid groups (broad SMARTS) is 1. The van der Waals surface area contributed by atoms with Crippen molar-refractivity contribution in [2.45, 2.75) is 111 Å². The number of nitrogen functional groups attached to an aromatic ring is 1. The number of carbonyl (C=O) groups is 7. The van der Waals surface area contributed by atoms with Crippen molar-refractivity contribution < 1.29 is 91.7 Å². The molecule has 0 aromatic heterocycles. The predicted octanol–water partition coefficient (Wildman–Crippen LogP) is 23.8. The summed E-state index contributed by atoms with van der Waals surface area (Å²) in [5, 5.41) is 71.0. The number of anilines is 1. The molecule has 0 spiro atoms. The van der Waals surface area contributed by atoms with Gasteiger partial charge in [0.15, 0.2) is 0 Å². The van der Waals surface area contributed by atoms with E-state index < -0.39 is 48.6 Å². The number of ketones is 1. The Morgan fingerprint density at radius 2 is 0.746 bits per heavy atom. The van der Waals surface area contributed by atoms with Gasteiger partial charge < -0.3 is 54.7 Å². The number of nitro benzene ring substituents is 2. The number of benzene rings is 15. The number of alkyl halides is 3. The number of rotatable bonds is 12. The fourth-order valence-corrected chi connectivity index (χ4v) is 14.7. The summed E-state index contributed by atoms with van der Waals surface area (Å²) in [5.74, 6) is -2.15. The number of aliphatic hydroxyl groups is 3. The Morgan fingerprint density at radius 1 is 0.435 bits per heavy atom. The molecule has 0 atom stereocenters. The normalized spacial score (nSPS) is 11.7. The molecular formula is C107H105Cl5N4O21S. The monoisotopic (exact) mass is 1990 g/mol. The van der Waals surface area contributed by atoms with Gasteiger partial charge in [0, 0.05) is 87.5 Å². The first kappa shape index (κ1) is 111. The minimum Gasteiger partial charge on any atom is -0.481 e. The number of amides is 1. The van der Waals surface area contributed by atoms with Gasteiger partial charge in [0.05, 0.1) is 92.8 Å². The number of piperidine rings is 1. The van der Waals surface area contributed by atoms with E-state index in [1.165, 1.54) is 115 Å². The third-order valence-corrected chi connectivity index (χ3v) is 21.1. The SMILES string of the molecule is CC(C)(C)OC(=O)N1CCC(=O)CC1.COC(=O)Cc1ccccc1N.COC(=O)Cc1ccccc1[N+](=O)[O-].Cc1cccc2cccc(CCl)c12.Cc1cccc2cccc(CO)c12.ClCCl.O=C(O)Cc1ccccc1[N+](=O)[O-].O=C1OC(=O)c2cccc3cccc1c23.O=S(Cl)Cl.OCc1cccc2cccc(CO)c12.c1cc2c3c(cccc3c1)COC2.c1ccc2ccccc2c1. The van der Waals surface area contributed by atoms with Gasteiger partial charge in [0.2, 0.25) is 9.23 Å². The highest BCUT2D eigenvalue weighted by Gasteiger charge is 2.28. The van der Waals surface area contributed by atoms with E-state index in [1.54, 1.807) is 53.4 Å². The van der Waals surface area contributed by atoms with Crippen molar-refractivity contribution in [2.75, 3.05) is 38.4 Å². The summed E-state index contributed by atoms with van der Waals surface area (Å²) in [6, 6.07) is 95.6. The lowest BCUT2D eigenvalue weighted by Crippen LogP contribution is -2.41. The first-order chi connectivity index (χ1) is 66.2. The van der Waals surface area contributed by atoms with E-state index in [1.807, 2.05) is 106 Å². The van der Waals surface area contributed by atoms with Crippen LogP contribution in [0.25, 0.3) is 64.6 Å². The number of nitro groups is 2. The molecule has 0 aliphatic carbocycles. The van der Waals surface area contributed by atoms with Crippen LogP contribution in [0.1, 0.15) is 116 Å². The Labute approximate surface area is 825 Å². The summed E-state index contributed by atoms with van der Waals surface area (Å²) in [7, 11) is 9.97. The Kier molecular flexibility index (Phi) is 46.9. The number of aliphatic hydroxyl groups excluding tert-OH is 3. The Balaban J connectivity index is 0.000000207. The van der Waals surface area contributed by atoms with Crippen molar-refractivity contribution in [1.29, 1.82) is 0 Å². The number of para-hydroxylation sites is 3. The molecule has 25 nitrogen and oxygen atoms in total. The molecular weight excluding hydrogens is 1890 g/mol. The number of nitrogens with two attached hydrogens (primary N) is 1. The zero-order valence-corrected chi connectivity index (χ0v) is 81.3. The zero-order chi connectivity index (χ0) is 101. The maximum Gasteiger partial charge on any atom is 0.410 e. The van der Waals surface area contributed by atoms with E-state index in [0.717, 1.165) is 51.6 Å². The number of aliphatic carboxylic acids is 1. The number of ether oxygens (including phenoxy) is 5. The lowest BCUT2D eigenvalue weighted by Gasteiger charge is -2.29. The van der Waals surface area contributed by atoms with E-state index in [0.29, 0.717) is 59.6 Å². The second kappa shape index (κ2) is 58.1. The van der Waals surface area contributed by atoms with Crippen molar-refractivity contribution >= 4 is 189 Å². The molecule has 1 fully saturated rings. The van der Waals surface area contributed by atoms with Crippen LogP contribution in [-0.4, -0.2) is 119 Å². The summed E-state index contributed by atoms with van der Waals surface area (Å²) in [5.41, 5.74) is 17.0. The molecule has 18 rings (SSSR count). The van der Waals surface area contributed by atoms with E-state index in [2.05, 4.69) is 189 Å². The molecule has 3 aliphatic rings. The second-order valence-electron chi connectivity index (χ2n) is 31.2. The summed E-state index contributed by atoms with van der Waals surface area (Å²) < 4.78 is 33.3. The molecule has 1 saturated heterocycles. The van der Waals surface area contributed by atoms with Gasteiger partial charge in [0.25, 0.3) is 11.4 Å². The predicted molar refractivity (Wildman–Crippen MR) is 547 cm³/mol. The van der Waals surface area contributed by atoms with E-state index in [-0.39, 0.29) is 79.2 Å². The summed E-state index contributed by atoms with van der Waals surface area (Å²) >= 11 is 15.4. The molecule has 0 radical (unpaired) electrons. The molecule has 3 aliphatic heterocycles. The number of nitrogens with zero attached hydrogens (tertiary/aromatic N) is 3. The fraction of sp³-hybridized carbons (Fsp3) is 0.206. The fourth-order valence-electron chi connectivity index (χ4n) is 14.5. The number of methoxy groups -OCH3 is 2. The molecule has 31 heteroatoms.